The van der Waals surface area contributed by atoms with Gasteiger partial charge in [-0.1, -0.05) is 6.92 Å². The van der Waals surface area contributed by atoms with Gasteiger partial charge in [0.1, 0.15) is 0 Å². The Labute approximate surface area is 111 Å². The molecular weight excluding hydrogens is 228 g/mol. The molecule has 0 radical (unpaired) electrons. The van der Waals surface area contributed by atoms with Crippen molar-refractivity contribution in [3.63, 3.8) is 0 Å². The highest BCUT2D eigenvalue weighted by Crippen LogP contribution is 2.31. The molecule has 2 unspecified atom stereocenters. The van der Waals surface area contributed by atoms with Crippen molar-refractivity contribution < 1.29 is 9.84 Å². The van der Waals surface area contributed by atoms with Gasteiger partial charge in [0.25, 0.3) is 0 Å². The summed E-state index contributed by atoms with van der Waals surface area (Å²) < 4.78 is 5.64. The lowest BCUT2D eigenvalue weighted by Gasteiger charge is -2.32. The Kier molecular flexibility index (Phi) is 5.42. The second-order valence-corrected chi connectivity index (χ2v) is 6.05. The van der Waals surface area contributed by atoms with Crippen molar-refractivity contribution >= 4 is 0 Å². The summed E-state index contributed by atoms with van der Waals surface area (Å²) in [7, 11) is 0. The van der Waals surface area contributed by atoms with E-state index in [0.717, 1.165) is 52.4 Å². The third-order valence-electron chi connectivity index (χ3n) is 4.30. The normalized spacial score (nSPS) is 33.3. The third kappa shape index (κ3) is 3.67. The lowest BCUT2D eigenvalue weighted by Crippen LogP contribution is -2.44. The van der Waals surface area contributed by atoms with E-state index in [4.69, 9.17) is 4.74 Å². The molecule has 2 atom stereocenters. The zero-order valence-electron chi connectivity index (χ0n) is 11.7. The number of aliphatic hydroxyl groups is 1. The Bertz CT molecular complexity index is 242. The minimum absolute atomic E-state index is 0.305. The molecule has 2 saturated heterocycles. The minimum Gasteiger partial charge on any atom is -0.396 e. The first-order valence-electron chi connectivity index (χ1n) is 7.40. The number of hydrogen-bond acceptors (Lipinski definition) is 4. The second kappa shape index (κ2) is 6.85. The predicted molar refractivity (Wildman–Crippen MR) is 72.7 cm³/mol. The van der Waals surface area contributed by atoms with Crippen LogP contribution in [0, 0.1) is 11.3 Å². The van der Waals surface area contributed by atoms with E-state index in [-0.39, 0.29) is 0 Å². The maximum atomic E-state index is 9.22. The van der Waals surface area contributed by atoms with Crippen molar-refractivity contribution in [2.45, 2.75) is 26.2 Å². The minimum atomic E-state index is 0.305. The average Bonchev–Trinajstić information content (AvgIpc) is 3.00. The van der Waals surface area contributed by atoms with Crippen LogP contribution in [0.5, 0.6) is 0 Å². The first kappa shape index (κ1) is 14.3. The molecule has 18 heavy (non-hydrogen) atoms. The highest BCUT2D eigenvalue weighted by molar-refractivity contribution is 4.90. The molecule has 0 saturated carbocycles. The smallest absolute Gasteiger partial charge is 0.0547 e. The van der Waals surface area contributed by atoms with Gasteiger partial charge in [0.15, 0.2) is 0 Å². The first-order valence-corrected chi connectivity index (χ1v) is 7.40. The quantitative estimate of drug-likeness (QED) is 0.659. The Morgan fingerprint density at radius 3 is 3.00 bits per heavy atom. The van der Waals surface area contributed by atoms with Gasteiger partial charge < -0.3 is 20.1 Å². The summed E-state index contributed by atoms with van der Waals surface area (Å²) in [5, 5.41) is 12.8. The third-order valence-corrected chi connectivity index (χ3v) is 4.30. The van der Waals surface area contributed by atoms with E-state index in [1.54, 1.807) is 0 Å². The molecule has 0 aromatic heterocycles. The van der Waals surface area contributed by atoms with Crippen molar-refractivity contribution in [2.24, 2.45) is 11.3 Å². The number of likely N-dealkylation sites (tertiary alicyclic amines) is 1. The summed E-state index contributed by atoms with van der Waals surface area (Å²) >= 11 is 0. The van der Waals surface area contributed by atoms with Gasteiger partial charge in [-0.15, -0.1) is 0 Å². The molecule has 0 spiro atoms. The van der Waals surface area contributed by atoms with Gasteiger partial charge in [-0.3, -0.25) is 0 Å². The summed E-state index contributed by atoms with van der Waals surface area (Å²) in [6.07, 6.45) is 3.51. The second-order valence-electron chi connectivity index (χ2n) is 6.05. The van der Waals surface area contributed by atoms with Gasteiger partial charge in [-0.2, -0.15) is 0 Å². The molecule has 2 heterocycles. The summed E-state index contributed by atoms with van der Waals surface area (Å²) in [5.74, 6) is 0.493. The van der Waals surface area contributed by atoms with Crippen LogP contribution in [0.1, 0.15) is 26.2 Å². The largest absolute Gasteiger partial charge is 0.396 e. The standard InChI is InChI=1S/C14H28N2O2/c1-2-5-15-10-14(4-7-18-12-14)11-16-6-3-13(8-16)9-17/h13,15,17H,2-12H2,1H3. The topological polar surface area (TPSA) is 44.7 Å². The molecule has 2 rings (SSSR count). The SMILES string of the molecule is CCCNCC1(CN2CCC(CO)C2)CCOC1. The molecule has 0 aliphatic carbocycles. The highest BCUT2D eigenvalue weighted by Gasteiger charge is 2.37. The zero-order valence-corrected chi connectivity index (χ0v) is 11.7. The van der Waals surface area contributed by atoms with Crippen molar-refractivity contribution in [2.75, 3.05) is 52.5 Å². The van der Waals surface area contributed by atoms with E-state index in [1.807, 2.05) is 0 Å². The van der Waals surface area contributed by atoms with Gasteiger partial charge >= 0.3 is 0 Å². The van der Waals surface area contributed by atoms with E-state index >= 15 is 0 Å². The van der Waals surface area contributed by atoms with Crippen molar-refractivity contribution in [1.29, 1.82) is 0 Å². The summed E-state index contributed by atoms with van der Waals surface area (Å²) in [6.45, 7) is 9.84. The fourth-order valence-corrected chi connectivity index (χ4v) is 3.18. The first-order chi connectivity index (χ1) is 8.78. The summed E-state index contributed by atoms with van der Waals surface area (Å²) in [6, 6.07) is 0. The Balaban J connectivity index is 1.82. The van der Waals surface area contributed by atoms with Crippen LogP contribution in [0.25, 0.3) is 0 Å². The molecule has 4 nitrogen and oxygen atoms in total. The predicted octanol–water partition coefficient (Wildman–Crippen LogP) is 0.707. The average molecular weight is 256 g/mol. The lowest BCUT2D eigenvalue weighted by atomic mass is 9.86. The van der Waals surface area contributed by atoms with Gasteiger partial charge in [-0.25, -0.2) is 0 Å². The van der Waals surface area contributed by atoms with Gasteiger partial charge in [0.05, 0.1) is 6.61 Å². The fourth-order valence-electron chi connectivity index (χ4n) is 3.18. The number of aliphatic hydroxyl groups excluding tert-OH is 1. The van der Waals surface area contributed by atoms with E-state index in [0.29, 0.717) is 17.9 Å². The van der Waals surface area contributed by atoms with E-state index in [9.17, 15) is 5.11 Å². The van der Waals surface area contributed by atoms with E-state index in [1.165, 1.54) is 12.8 Å². The Hall–Kier alpha value is -0.160. The molecule has 4 heteroatoms. The highest BCUT2D eigenvalue weighted by atomic mass is 16.5. The van der Waals surface area contributed by atoms with E-state index < -0.39 is 0 Å². The molecule has 0 bridgehead atoms. The number of ether oxygens (including phenoxy) is 1. The maximum Gasteiger partial charge on any atom is 0.0547 e. The van der Waals surface area contributed by atoms with Crippen LogP contribution < -0.4 is 5.32 Å². The molecule has 0 aromatic rings. The number of hydrogen-bond donors (Lipinski definition) is 2. The number of nitrogens with zero attached hydrogens (tertiary/aromatic N) is 1. The van der Waals surface area contributed by atoms with Crippen LogP contribution in [-0.4, -0.2) is 62.6 Å². The van der Waals surface area contributed by atoms with Crippen molar-refractivity contribution in [3.8, 4) is 0 Å². The maximum absolute atomic E-state index is 9.22. The number of nitrogens with one attached hydrogen (secondary N) is 1. The zero-order chi connectivity index (χ0) is 12.8. The van der Waals surface area contributed by atoms with E-state index in [2.05, 4.69) is 17.1 Å². The fraction of sp³-hybridized carbons (Fsp3) is 1.00. The van der Waals surface area contributed by atoms with Crippen LogP contribution in [0.4, 0.5) is 0 Å². The van der Waals surface area contributed by atoms with Crippen molar-refractivity contribution in [1.82, 2.24) is 10.2 Å². The lowest BCUT2D eigenvalue weighted by molar-refractivity contribution is 0.115. The molecular formula is C14H28N2O2. The molecule has 2 aliphatic rings. The van der Waals surface area contributed by atoms with Gasteiger partial charge in [0, 0.05) is 38.3 Å². The Morgan fingerprint density at radius 1 is 1.50 bits per heavy atom. The summed E-state index contributed by atoms with van der Waals surface area (Å²) in [5.41, 5.74) is 0.305. The van der Waals surface area contributed by atoms with Crippen molar-refractivity contribution in [3.05, 3.63) is 0 Å². The number of rotatable bonds is 7. The monoisotopic (exact) mass is 256 g/mol. The molecule has 2 N–H and O–H groups in total. The van der Waals surface area contributed by atoms with Crippen LogP contribution in [-0.2, 0) is 4.74 Å². The van der Waals surface area contributed by atoms with Crippen LogP contribution in [0.2, 0.25) is 0 Å². The molecule has 2 fully saturated rings. The molecule has 106 valence electrons. The van der Waals surface area contributed by atoms with Crippen LogP contribution in [0.15, 0.2) is 0 Å². The summed E-state index contributed by atoms with van der Waals surface area (Å²) in [4.78, 5) is 2.52. The molecule has 0 amide bonds. The van der Waals surface area contributed by atoms with Crippen LogP contribution >= 0.6 is 0 Å². The van der Waals surface area contributed by atoms with Crippen LogP contribution in [0.3, 0.4) is 0 Å². The Morgan fingerprint density at radius 2 is 2.39 bits per heavy atom. The molecule has 0 aromatic carbocycles. The van der Waals surface area contributed by atoms with Gasteiger partial charge in [0.2, 0.25) is 0 Å². The van der Waals surface area contributed by atoms with Gasteiger partial charge in [-0.05, 0) is 38.3 Å². The molecule has 2 aliphatic heterocycles.